The summed E-state index contributed by atoms with van der Waals surface area (Å²) in [5, 5.41) is 11.5. The zero-order chi connectivity index (χ0) is 41.1. The van der Waals surface area contributed by atoms with Gasteiger partial charge in [0.15, 0.2) is 0 Å². The van der Waals surface area contributed by atoms with E-state index in [1.807, 2.05) is 27.9 Å². The Morgan fingerprint density at radius 1 is 0.691 bits per heavy atom. The molecular weight excluding hydrogens is 689 g/mol. The van der Waals surface area contributed by atoms with Crippen LogP contribution in [0.2, 0.25) is 0 Å². The van der Waals surface area contributed by atoms with Gasteiger partial charge in [0.05, 0.1) is 24.4 Å². The molecule has 7 nitrogen and oxygen atoms in total. The van der Waals surface area contributed by atoms with E-state index in [9.17, 15) is 14.7 Å². The number of terminal acetylenes is 2. The molecule has 0 spiro atoms. The standard InChI is InChI=1S/C25H40O4.C23H36O3/c1-9-16(2)23(5)14-20(29-15-27-7)24(6)17(3)10-12-25(18(4)22(23)26)13-11-19(28-8)21(24)25;1-8-14(2)21(5)13-18(24)22(6)15(3)9-11-23(16(4)20(21)25)12-10-17(26-7)19(22)23/h1,16-21H,10-15H2,2-8H3;1,14-19,24H,9-13H2,2-7H3/t16?,17-,18+,19-,20-,21?,23+,24+,25?;14?,15-,16+,17-,18-,19?,21+,22+,23?/m11/s1. The molecule has 6 aliphatic carbocycles. The lowest BCUT2D eigenvalue weighted by molar-refractivity contribution is -0.221. The third kappa shape index (κ3) is 6.34. The Hall–Kier alpha value is -1.74. The summed E-state index contributed by atoms with van der Waals surface area (Å²) in [4.78, 5) is 27.8. The van der Waals surface area contributed by atoms with Crippen molar-refractivity contribution in [2.45, 2.75) is 158 Å². The number of rotatable bonds is 7. The Morgan fingerprint density at radius 3 is 1.51 bits per heavy atom. The molecule has 0 aromatic heterocycles. The average molecular weight is 765 g/mol. The van der Waals surface area contributed by atoms with Gasteiger partial charge in [0, 0.05) is 66.7 Å². The van der Waals surface area contributed by atoms with E-state index in [-0.39, 0.29) is 82.1 Å². The summed E-state index contributed by atoms with van der Waals surface area (Å²) in [5.41, 5.74) is -1.73. The van der Waals surface area contributed by atoms with Crippen LogP contribution in [0.25, 0.3) is 0 Å². The summed E-state index contributed by atoms with van der Waals surface area (Å²) in [6.45, 7) is 21.8. The number of ketones is 2. The molecule has 0 aliphatic heterocycles. The molecule has 1 N–H and O–H groups in total. The molecule has 55 heavy (non-hydrogen) atoms. The van der Waals surface area contributed by atoms with E-state index in [4.69, 9.17) is 31.8 Å². The van der Waals surface area contributed by atoms with Gasteiger partial charge >= 0.3 is 0 Å². The molecule has 0 saturated heterocycles. The predicted molar refractivity (Wildman–Crippen MR) is 217 cm³/mol. The monoisotopic (exact) mass is 765 g/mol. The fourth-order valence-corrected chi connectivity index (χ4v) is 14.5. The molecule has 18 atom stereocenters. The first-order valence-corrected chi connectivity index (χ1v) is 21.6. The van der Waals surface area contributed by atoms with E-state index < -0.39 is 16.9 Å². The maximum atomic E-state index is 14.0. The molecule has 7 heteroatoms. The Labute approximate surface area is 334 Å². The van der Waals surface area contributed by atoms with Gasteiger partial charge in [0.1, 0.15) is 18.4 Å². The fourth-order valence-electron chi connectivity index (χ4n) is 14.5. The lowest BCUT2D eigenvalue weighted by atomic mass is 9.43. The highest BCUT2D eigenvalue weighted by Gasteiger charge is 2.70. The van der Waals surface area contributed by atoms with Gasteiger partial charge in [-0.3, -0.25) is 9.59 Å². The largest absolute Gasteiger partial charge is 0.393 e. The molecule has 6 saturated carbocycles. The van der Waals surface area contributed by atoms with Crippen LogP contribution >= 0.6 is 0 Å². The molecular formula is C48H76O7. The molecule has 0 amide bonds. The Bertz CT molecular complexity index is 1510. The van der Waals surface area contributed by atoms with Crippen LogP contribution in [0.5, 0.6) is 0 Å². The van der Waals surface area contributed by atoms with Crippen molar-refractivity contribution in [1.29, 1.82) is 0 Å². The van der Waals surface area contributed by atoms with Crippen molar-refractivity contribution in [3.05, 3.63) is 0 Å². The highest BCUT2D eigenvalue weighted by Crippen LogP contribution is 2.70. The van der Waals surface area contributed by atoms with E-state index in [1.54, 1.807) is 14.2 Å². The normalized spacial score (nSPS) is 50.3. The van der Waals surface area contributed by atoms with E-state index in [0.717, 1.165) is 51.4 Å². The van der Waals surface area contributed by atoms with Crippen LogP contribution in [0.3, 0.4) is 0 Å². The molecule has 6 unspecified atom stereocenters. The number of hydrogen-bond acceptors (Lipinski definition) is 7. The first-order valence-electron chi connectivity index (χ1n) is 21.6. The highest BCUT2D eigenvalue weighted by molar-refractivity contribution is 5.89. The van der Waals surface area contributed by atoms with Crippen molar-refractivity contribution in [2.75, 3.05) is 28.1 Å². The second-order valence-corrected chi connectivity index (χ2v) is 20.4. The summed E-state index contributed by atoms with van der Waals surface area (Å²) in [6, 6.07) is 0. The number of carbonyl (C=O) groups is 2. The molecule has 0 aromatic rings. The summed E-state index contributed by atoms with van der Waals surface area (Å²) < 4.78 is 23.7. The minimum atomic E-state index is -0.672. The second-order valence-electron chi connectivity index (χ2n) is 20.4. The summed E-state index contributed by atoms with van der Waals surface area (Å²) in [5.74, 6) is 7.26. The van der Waals surface area contributed by atoms with Crippen molar-refractivity contribution >= 4 is 11.6 Å². The SMILES string of the molecule is C#CC(C)[C@]1(C)C[C@@H](O)[C@@]2(C)C3[C@H](OC)CCC3(CC[C@H]2C)[C@@H](C)C1=O.C#CC(C)[C@]1(C)C[C@@H](OCOC)[C@@]2(C)C3[C@H](OC)CCC3(CC[C@H]2C)[C@@H](C)C1=O. The van der Waals surface area contributed by atoms with Gasteiger partial charge in [-0.25, -0.2) is 0 Å². The van der Waals surface area contributed by atoms with Crippen LogP contribution in [-0.4, -0.2) is 69.2 Å². The van der Waals surface area contributed by atoms with Crippen molar-refractivity contribution in [2.24, 2.45) is 79.8 Å². The lowest BCUT2D eigenvalue weighted by Gasteiger charge is -2.62. The Morgan fingerprint density at radius 2 is 1.09 bits per heavy atom. The average Bonchev–Trinajstić information content (AvgIpc) is 3.78. The maximum absolute atomic E-state index is 14.0. The number of aliphatic hydroxyl groups is 1. The minimum absolute atomic E-state index is 0.0244. The van der Waals surface area contributed by atoms with Crippen LogP contribution in [-0.2, 0) is 28.5 Å². The number of Topliss-reactive ketones (excluding diaryl/α,β-unsaturated/α-hetero) is 2. The van der Waals surface area contributed by atoms with Crippen LogP contribution in [0.4, 0.5) is 0 Å². The molecule has 6 fully saturated rings. The molecule has 4 bridgehead atoms. The van der Waals surface area contributed by atoms with E-state index in [0.29, 0.717) is 36.4 Å². The van der Waals surface area contributed by atoms with Gasteiger partial charge in [-0.2, -0.15) is 0 Å². The van der Waals surface area contributed by atoms with E-state index >= 15 is 0 Å². The van der Waals surface area contributed by atoms with Crippen LogP contribution in [0, 0.1) is 105 Å². The topological polar surface area (TPSA) is 91.3 Å². The smallest absolute Gasteiger partial charge is 0.146 e. The second kappa shape index (κ2) is 15.8. The zero-order valence-electron chi connectivity index (χ0n) is 36.8. The first kappa shape index (κ1) is 44.4. The summed E-state index contributed by atoms with van der Waals surface area (Å²) >= 11 is 0. The number of hydrogen-bond donors (Lipinski definition) is 1. The Kier molecular flexibility index (Phi) is 12.7. The van der Waals surface area contributed by atoms with Gasteiger partial charge in [-0.05, 0) is 98.7 Å². The van der Waals surface area contributed by atoms with Crippen LogP contribution < -0.4 is 0 Å². The molecule has 0 heterocycles. The van der Waals surface area contributed by atoms with E-state index in [1.165, 1.54) is 0 Å². The van der Waals surface area contributed by atoms with Gasteiger partial charge in [0.25, 0.3) is 0 Å². The lowest BCUT2D eigenvalue weighted by Crippen LogP contribution is -2.63. The van der Waals surface area contributed by atoms with Gasteiger partial charge in [0.2, 0.25) is 0 Å². The number of carbonyl (C=O) groups excluding carboxylic acids is 2. The van der Waals surface area contributed by atoms with Crippen LogP contribution in [0.15, 0.2) is 0 Å². The zero-order valence-corrected chi connectivity index (χ0v) is 36.8. The molecule has 6 aliphatic rings. The first-order chi connectivity index (χ1) is 25.7. The minimum Gasteiger partial charge on any atom is -0.393 e. The van der Waals surface area contributed by atoms with Gasteiger partial charge in [-0.15, -0.1) is 24.7 Å². The van der Waals surface area contributed by atoms with Crippen molar-refractivity contribution in [3.63, 3.8) is 0 Å². The van der Waals surface area contributed by atoms with Crippen molar-refractivity contribution in [1.82, 2.24) is 0 Å². The summed E-state index contributed by atoms with van der Waals surface area (Å²) in [6.07, 6.45) is 20.7. The number of methoxy groups -OCH3 is 3. The van der Waals surface area contributed by atoms with Crippen molar-refractivity contribution in [3.8, 4) is 24.7 Å². The van der Waals surface area contributed by atoms with Gasteiger partial charge < -0.3 is 24.1 Å². The molecule has 6 rings (SSSR count). The highest BCUT2D eigenvalue weighted by atomic mass is 16.7. The molecule has 0 aromatic carbocycles. The quantitative estimate of drug-likeness (QED) is 0.205. The number of aliphatic hydroxyl groups excluding tert-OH is 1. The van der Waals surface area contributed by atoms with Crippen molar-refractivity contribution < 1.29 is 33.6 Å². The maximum Gasteiger partial charge on any atom is 0.146 e. The van der Waals surface area contributed by atoms with Crippen LogP contribution in [0.1, 0.15) is 133 Å². The Balaban J connectivity index is 0.000000212. The predicted octanol–water partition coefficient (Wildman–Crippen LogP) is 8.79. The fraction of sp³-hybridized carbons (Fsp3) is 0.875. The molecule has 310 valence electrons. The summed E-state index contributed by atoms with van der Waals surface area (Å²) in [7, 11) is 5.27. The molecule has 0 radical (unpaired) electrons. The third-order valence-corrected chi connectivity index (χ3v) is 19.0. The number of ether oxygens (including phenoxy) is 4. The third-order valence-electron chi connectivity index (χ3n) is 19.0. The van der Waals surface area contributed by atoms with E-state index in [2.05, 4.69) is 60.3 Å². The van der Waals surface area contributed by atoms with Gasteiger partial charge in [-0.1, -0.05) is 69.2 Å².